The number of sulfonamides is 1. The van der Waals surface area contributed by atoms with Gasteiger partial charge in [-0.15, -0.1) is 0 Å². The van der Waals surface area contributed by atoms with Gasteiger partial charge in [0.2, 0.25) is 10.0 Å². The van der Waals surface area contributed by atoms with Gasteiger partial charge < -0.3 is 10.2 Å². The predicted octanol–water partition coefficient (Wildman–Crippen LogP) is 1.60. The minimum atomic E-state index is -3.83. The van der Waals surface area contributed by atoms with Gasteiger partial charge in [0.05, 0.1) is 17.6 Å². The molecular weight excluding hydrogens is 446 g/mol. The molecule has 1 atom stereocenters. The summed E-state index contributed by atoms with van der Waals surface area (Å²) < 4.78 is 54.2. The highest BCUT2D eigenvalue weighted by molar-refractivity contribution is 7.88. The van der Waals surface area contributed by atoms with E-state index in [0.717, 1.165) is 50.4 Å². The van der Waals surface area contributed by atoms with Gasteiger partial charge in [-0.3, -0.25) is 15.1 Å². The van der Waals surface area contributed by atoms with E-state index in [2.05, 4.69) is 30.8 Å². The molecule has 0 bridgehead atoms. The second kappa shape index (κ2) is 8.53. The number of anilines is 2. The van der Waals surface area contributed by atoms with Gasteiger partial charge in [-0.25, -0.2) is 32.0 Å². The number of aromatic nitrogens is 4. The minimum Gasteiger partial charge on any atom is -0.354 e. The normalized spacial score (nSPS) is 19.2. The fraction of sp³-hybridized carbons (Fsp3) is 0.333. The maximum Gasteiger partial charge on any atom is 0.324 e. The molecule has 0 aromatic carbocycles. The van der Waals surface area contributed by atoms with Gasteiger partial charge in [0.15, 0.2) is 29.3 Å². The summed E-state index contributed by atoms with van der Waals surface area (Å²) in [6, 6.07) is -0.972. The number of allylic oxidation sites excluding steroid dienone is 4. The molecule has 4 rings (SSSR count). The standard InChI is InChI=1S/C18H20F2N8O3S/c1-32(30,31)27-11-6-4-5-10(19)14(13(11)20)23-18(29)24-15-12-16(22-9-21-15)25-26-17(12)28-7-2-3-8-28/h4-6,9-10,27H,2-3,7-8H2,1H3,(H3,21,22,23,24,25,26,29). The third kappa shape index (κ3) is 4.54. The number of hydrogen-bond donors (Lipinski definition) is 4. The molecule has 14 heteroatoms. The second-order valence-corrected chi connectivity index (χ2v) is 8.98. The lowest BCUT2D eigenvalue weighted by molar-refractivity contribution is 0.252. The summed E-state index contributed by atoms with van der Waals surface area (Å²) in [7, 11) is -3.83. The Morgan fingerprint density at radius 2 is 2.00 bits per heavy atom. The van der Waals surface area contributed by atoms with Crippen molar-refractivity contribution in [2.75, 3.05) is 29.6 Å². The van der Waals surface area contributed by atoms with Gasteiger partial charge in [-0.05, 0) is 25.0 Å². The molecule has 11 nitrogen and oxygen atoms in total. The van der Waals surface area contributed by atoms with Crippen LogP contribution in [0.25, 0.3) is 11.0 Å². The van der Waals surface area contributed by atoms with E-state index in [4.69, 9.17) is 0 Å². The lowest BCUT2D eigenvalue weighted by Crippen LogP contribution is -2.33. The van der Waals surface area contributed by atoms with Crippen LogP contribution in [0.1, 0.15) is 12.8 Å². The van der Waals surface area contributed by atoms with Crippen LogP contribution in [0, 0.1) is 0 Å². The van der Waals surface area contributed by atoms with Gasteiger partial charge in [0.1, 0.15) is 11.7 Å². The van der Waals surface area contributed by atoms with Crippen molar-refractivity contribution in [2.45, 2.75) is 19.0 Å². The first kappa shape index (κ1) is 21.7. The monoisotopic (exact) mass is 466 g/mol. The molecule has 2 aliphatic rings. The Bertz CT molecular complexity index is 1250. The maximum atomic E-state index is 14.8. The lowest BCUT2D eigenvalue weighted by atomic mass is 10.2. The third-order valence-electron chi connectivity index (χ3n) is 4.81. The van der Waals surface area contributed by atoms with Gasteiger partial charge in [0.25, 0.3) is 0 Å². The summed E-state index contributed by atoms with van der Waals surface area (Å²) in [5.41, 5.74) is -0.864. The van der Waals surface area contributed by atoms with Crippen LogP contribution in [-0.4, -0.2) is 60.1 Å². The van der Waals surface area contributed by atoms with Crippen LogP contribution >= 0.6 is 0 Å². The largest absolute Gasteiger partial charge is 0.354 e. The summed E-state index contributed by atoms with van der Waals surface area (Å²) in [6.45, 7) is 1.58. The summed E-state index contributed by atoms with van der Waals surface area (Å²) >= 11 is 0. The second-order valence-electron chi connectivity index (χ2n) is 7.24. The minimum absolute atomic E-state index is 0.105. The number of aromatic amines is 1. The Labute approximate surface area is 181 Å². The molecule has 1 saturated heterocycles. The molecular formula is C18H20F2N8O3S. The molecule has 1 unspecified atom stereocenters. The first-order valence-corrected chi connectivity index (χ1v) is 11.5. The van der Waals surface area contributed by atoms with E-state index in [9.17, 15) is 22.0 Å². The number of nitrogens with one attached hydrogen (secondary N) is 4. The zero-order valence-electron chi connectivity index (χ0n) is 16.9. The summed E-state index contributed by atoms with van der Waals surface area (Å²) in [4.78, 5) is 22.8. The topological polar surface area (TPSA) is 145 Å². The molecule has 32 heavy (non-hydrogen) atoms. The van der Waals surface area contributed by atoms with E-state index >= 15 is 0 Å². The van der Waals surface area contributed by atoms with Crippen LogP contribution in [0.5, 0.6) is 0 Å². The van der Waals surface area contributed by atoms with Crippen molar-refractivity contribution >= 4 is 38.7 Å². The van der Waals surface area contributed by atoms with E-state index < -0.39 is 39.4 Å². The SMILES string of the molecule is CS(=O)(=O)NC1=CC=CC(F)C(NC(=O)Nc2ncnc3[nH]nc(N4CCCC4)c23)=C1F. The Kier molecular flexibility index (Phi) is 5.78. The summed E-state index contributed by atoms with van der Waals surface area (Å²) in [5.74, 6) is -0.576. The highest BCUT2D eigenvalue weighted by atomic mass is 32.2. The van der Waals surface area contributed by atoms with Crippen molar-refractivity contribution < 1.29 is 22.0 Å². The molecule has 0 spiro atoms. The number of alkyl halides is 1. The highest BCUT2D eigenvalue weighted by Gasteiger charge is 2.26. The van der Waals surface area contributed by atoms with Gasteiger partial charge in [-0.1, -0.05) is 6.08 Å². The van der Waals surface area contributed by atoms with E-state index in [-0.39, 0.29) is 5.82 Å². The molecule has 0 saturated carbocycles. The molecule has 2 aromatic heterocycles. The summed E-state index contributed by atoms with van der Waals surface area (Å²) in [6.07, 6.45) is 5.19. The molecule has 2 aromatic rings. The van der Waals surface area contributed by atoms with E-state index in [1.807, 2.05) is 9.62 Å². The fourth-order valence-corrected chi connectivity index (χ4v) is 4.00. The molecule has 1 aliphatic carbocycles. The van der Waals surface area contributed by atoms with Gasteiger partial charge in [0, 0.05) is 13.1 Å². The Morgan fingerprint density at radius 1 is 1.25 bits per heavy atom. The van der Waals surface area contributed by atoms with Crippen LogP contribution in [0.15, 0.2) is 41.8 Å². The molecule has 1 aliphatic heterocycles. The van der Waals surface area contributed by atoms with Crippen molar-refractivity contribution in [3.63, 3.8) is 0 Å². The van der Waals surface area contributed by atoms with Crippen molar-refractivity contribution in [2.24, 2.45) is 0 Å². The first-order valence-electron chi connectivity index (χ1n) is 9.65. The maximum absolute atomic E-state index is 14.8. The number of H-pyrrole nitrogens is 1. The predicted molar refractivity (Wildman–Crippen MR) is 114 cm³/mol. The van der Waals surface area contributed by atoms with Gasteiger partial charge in [-0.2, -0.15) is 5.10 Å². The number of fused-ring (bicyclic) bond motifs is 1. The fourth-order valence-electron chi connectivity index (χ4n) is 3.44. The van der Waals surface area contributed by atoms with Crippen LogP contribution < -0.4 is 20.3 Å². The molecule has 1 fully saturated rings. The van der Waals surface area contributed by atoms with Crippen molar-refractivity contribution in [3.05, 3.63) is 41.8 Å². The Balaban J connectivity index is 1.60. The van der Waals surface area contributed by atoms with Crippen LogP contribution in [0.4, 0.5) is 25.2 Å². The Hall–Kier alpha value is -3.55. The van der Waals surface area contributed by atoms with Crippen LogP contribution in [0.2, 0.25) is 0 Å². The number of rotatable bonds is 5. The molecule has 0 radical (unpaired) electrons. The van der Waals surface area contributed by atoms with E-state index in [1.165, 1.54) is 6.33 Å². The lowest BCUT2D eigenvalue weighted by Gasteiger charge is -2.16. The number of amides is 2. The van der Waals surface area contributed by atoms with E-state index in [0.29, 0.717) is 16.9 Å². The molecule has 2 amide bonds. The molecule has 170 valence electrons. The van der Waals surface area contributed by atoms with E-state index in [1.54, 1.807) is 0 Å². The quantitative estimate of drug-likeness (QED) is 0.524. The zero-order chi connectivity index (χ0) is 22.9. The highest BCUT2D eigenvalue weighted by Crippen LogP contribution is 2.30. The van der Waals surface area contributed by atoms with Crippen LogP contribution in [0.3, 0.4) is 0 Å². The zero-order valence-corrected chi connectivity index (χ0v) is 17.7. The van der Waals surface area contributed by atoms with Crippen molar-refractivity contribution in [1.29, 1.82) is 0 Å². The number of nitrogens with zero attached hydrogens (tertiary/aromatic N) is 4. The first-order chi connectivity index (χ1) is 15.2. The number of urea groups is 1. The molecule has 4 N–H and O–H groups in total. The average Bonchev–Trinajstić information content (AvgIpc) is 3.37. The Morgan fingerprint density at radius 3 is 2.72 bits per heavy atom. The number of carbonyl (C=O) groups is 1. The van der Waals surface area contributed by atoms with Crippen molar-refractivity contribution in [3.8, 4) is 0 Å². The number of hydrogen-bond acceptors (Lipinski definition) is 7. The number of halogens is 2. The third-order valence-corrected chi connectivity index (χ3v) is 5.40. The average molecular weight is 466 g/mol. The number of carbonyl (C=O) groups excluding carboxylic acids is 1. The summed E-state index contributed by atoms with van der Waals surface area (Å²) in [5, 5.41) is 12.1. The smallest absolute Gasteiger partial charge is 0.324 e. The van der Waals surface area contributed by atoms with Gasteiger partial charge >= 0.3 is 6.03 Å². The van der Waals surface area contributed by atoms with Crippen LogP contribution in [-0.2, 0) is 10.0 Å². The molecule has 3 heterocycles. The van der Waals surface area contributed by atoms with Crippen molar-refractivity contribution in [1.82, 2.24) is 30.2 Å².